The number of aromatic hydroxyl groups is 1. The van der Waals surface area contributed by atoms with Gasteiger partial charge in [0.2, 0.25) is 0 Å². The van der Waals surface area contributed by atoms with E-state index in [0.717, 1.165) is 6.08 Å². The van der Waals surface area contributed by atoms with E-state index < -0.39 is 29.3 Å². The summed E-state index contributed by atoms with van der Waals surface area (Å²) in [7, 11) is 0. The van der Waals surface area contributed by atoms with E-state index in [1.54, 1.807) is 13.0 Å². The second-order valence-electron chi connectivity index (χ2n) is 8.16. The molecule has 180 valence electrons. The van der Waals surface area contributed by atoms with Gasteiger partial charge in [0.1, 0.15) is 17.3 Å². The SMILES string of the molecule is C=C(/C=C(/F)C(=C)OCC)OC(=O)C1CCC(c2ccc(-c3ccc(O)cc3)c(F)c2F)CC1. The lowest BCUT2D eigenvalue weighted by Crippen LogP contribution is -2.23. The molecule has 34 heavy (non-hydrogen) atoms. The molecule has 0 spiro atoms. The van der Waals surface area contributed by atoms with Crippen molar-refractivity contribution < 1.29 is 32.5 Å². The summed E-state index contributed by atoms with van der Waals surface area (Å²) in [6.07, 6.45) is 2.75. The van der Waals surface area contributed by atoms with Crippen LogP contribution in [0.1, 0.15) is 44.1 Å². The molecular weight excluding hydrogens is 445 g/mol. The zero-order chi connectivity index (χ0) is 24.8. The van der Waals surface area contributed by atoms with E-state index in [4.69, 9.17) is 9.47 Å². The van der Waals surface area contributed by atoms with E-state index in [9.17, 15) is 23.1 Å². The first-order chi connectivity index (χ1) is 16.2. The minimum atomic E-state index is -0.941. The molecule has 1 saturated carbocycles. The number of carbonyl (C=O) groups excluding carboxylic acids is 1. The van der Waals surface area contributed by atoms with Crippen molar-refractivity contribution in [2.24, 2.45) is 5.92 Å². The van der Waals surface area contributed by atoms with Gasteiger partial charge in [0.05, 0.1) is 12.5 Å². The van der Waals surface area contributed by atoms with Crippen LogP contribution in [-0.4, -0.2) is 17.7 Å². The van der Waals surface area contributed by atoms with Crippen molar-refractivity contribution in [2.45, 2.75) is 38.5 Å². The van der Waals surface area contributed by atoms with E-state index in [1.807, 2.05) is 0 Å². The summed E-state index contributed by atoms with van der Waals surface area (Å²) in [6, 6.07) is 8.97. The number of ether oxygens (including phenoxy) is 2. The molecule has 1 aliphatic carbocycles. The molecule has 3 rings (SSSR count). The number of hydrogen-bond donors (Lipinski definition) is 1. The van der Waals surface area contributed by atoms with Crippen molar-refractivity contribution in [3.63, 3.8) is 0 Å². The number of rotatable bonds is 8. The van der Waals surface area contributed by atoms with E-state index in [-0.39, 0.29) is 40.9 Å². The maximum Gasteiger partial charge on any atom is 0.314 e. The van der Waals surface area contributed by atoms with Gasteiger partial charge in [0.15, 0.2) is 17.5 Å². The lowest BCUT2D eigenvalue weighted by Gasteiger charge is -2.28. The smallest absolute Gasteiger partial charge is 0.314 e. The van der Waals surface area contributed by atoms with Crippen LogP contribution < -0.4 is 0 Å². The Morgan fingerprint density at radius 1 is 1.06 bits per heavy atom. The van der Waals surface area contributed by atoms with Crippen LogP contribution in [0.2, 0.25) is 0 Å². The molecule has 0 unspecified atom stereocenters. The van der Waals surface area contributed by atoms with Crippen LogP contribution in [0.4, 0.5) is 13.2 Å². The Bertz CT molecular complexity index is 1100. The highest BCUT2D eigenvalue weighted by Gasteiger charge is 2.31. The Balaban J connectivity index is 1.61. The highest BCUT2D eigenvalue weighted by molar-refractivity contribution is 5.74. The van der Waals surface area contributed by atoms with Crippen LogP contribution in [0.15, 0.2) is 73.0 Å². The minimum absolute atomic E-state index is 0.0391. The molecule has 0 amide bonds. The third kappa shape index (κ3) is 5.90. The van der Waals surface area contributed by atoms with E-state index >= 15 is 0 Å². The maximum atomic E-state index is 14.9. The first kappa shape index (κ1) is 25.1. The quantitative estimate of drug-likeness (QED) is 0.254. The highest BCUT2D eigenvalue weighted by atomic mass is 19.2. The summed E-state index contributed by atoms with van der Waals surface area (Å²) in [5, 5.41) is 9.40. The largest absolute Gasteiger partial charge is 0.508 e. The molecule has 0 atom stereocenters. The van der Waals surface area contributed by atoms with Gasteiger partial charge in [-0.3, -0.25) is 4.79 Å². The van der Waals surface area contributed by atoms with Gasteiger partial charge in [0, 0.05) is 11.6 Å². The van der Waals surface area contributed by atoms with Crippen molar-refractivity contribution in [1.29, 1.82) is 0 Å². The summed E-state index contributed by atoms with van der Waals surface area (Å²) in [5.74, 6) is -4.14. The average Bonchev–Trinajstić information content (AvgIpc) is 2.81. The molecule has 2 aromatic rings. The topological polar surface area (TPSA) is 55.8 Å². The molecule has 0 heterocycles. The number of phenolic OH excluding ortho intramolecular Hbond substituents is 1. The predicted molar refractivity (Wildman–Crippen MR) is 123 cm³/mol. The Labute approximate surface area is 197 Å². The fraction of sp³-hybridized carbons (Fsp3) is 0.296. The van der Waals surface area contributed by atoms with E-state index in [0.29, 0.717) is 31.2 Å². The first-order valence-electron chi connectivity index (χ1n) is 11.1. The average molecular weight is 473 g/mol. The monoisotopic (exact) mass is 472 g/mol. The molecule has 0 radical (unpaired) electrons. The van der Waals surface area contributed by atoms with Crippen molar-refractivity contribution in [3.05, 3.63) is 90.2 Å². The second kappa shape index (κ2) is 11.1. The zero-order valence-corrected chi connectivity index (χ0v) is 19.0. The summed E-state index contributed by atoms with van der Waals surface area (Å²) in [5.41, 5.74) is 0.850. The number of carbonyl (C=O) groups is 1. The van der Waals surface area contributed by atoms with Crippen LogP contribution in [0.5, 0.6) is 5.75 Å². The van der Waals surface area contributed by atoms with Crippen LogP contribution in [0.25, 0.3) is 11.1 Å². The maximum absolute atomic E-state index is 14.9. The van der Waals surface area contributed by atoms with Gasteiger partial charge in [0.25, 0.3) is 0 Å². The van der Waals surface area contributed by atoms with Gasteiger partial charge in [-0.25, -0.2) is 13.2 Å². The van der Waals surface area contributed by atoms with Gasteiger partial charge < -0.3 is 14.6 Å². The molecule has 1 fully saturated rings. The Morgan fingerprint density at radius 3 is 2.32 bits per heavy atom. The van der Waals surface area contributed by atoms with Crippen LogP contribution in [0.3, 0.4) is 0 Å². The normalized spacial score (nSPS) is 18.3. The van der Waals surface area contributed by atoms with E-state index in [2.05, 4.69) is 13.2 Å². The lowest BCUT2D eigenvalue weighted by atomic mass is 9.78. The van der Waals surface area contributed by atoms with E-state index in [1.165, 1.54) is 30.3 Å². The number of esters is 1. The molecule has 1 N–H and O–H groups in total. The van der Waals surface area contributed by atoms with Crippen molar-refractivity contribution in [1.82, 2.24) is 0 Å². The molecule has 0 aromatic heterocycles. The fourth-order valence-corrected chi connectivity index (χ4v) is 4.09. The van der Waals surface area contributed by atoms with Crippen molar-refractivity contribution in [2.75, 3.05) is 6.61 Å². The first-order valence-corrected chi connectivity index (χ1v) is 11.1. The number of allylic oxidation sites excluding steroid dienone is 2. The second-order valence-corrected chi connectivity index (χ2v) is 8.16. The molecule has 7 heteroatoms. The van der Waals surface area contributed by atoms with Crippen LogP contribution in [0, 0.1) is 17.6 Å². The summed E-state index contributed by atoms with van der Waals surface area (Å²) in [6.45, 7) is 8.90. The Morgan fingerprint density at radius 2 is 1.71 bits per heavy atom. The number of halogens is 3. The zero-order valence-electron chi connectivity index (χ0n) is 19.0. The molecule has 1 aliphatic rings. The number of benzene rings is 2. The van der Waals surface area contributed by atoms with Gasteiger partial charge in [-0.05, 0) is 61.8 Å². The summed E-state index contributed by atoms with van der Waals surface area (Å²) >= 11 is 0. The molecular formula is C27H27F3O4. The van der Waals surface area contributed by atoms with Gasteiger partial charge in [-0.15, -0.1) is 0 Å². The van der Waals surface area contributed by atoms with Crippen molar-refractivity contribution in [3.8, 4) is 16.9 Å². The Hall–Kier alpha value is -3.48. The van der Waals surface area contributed by atoms with Crippen molar-refractivity contribution >= 4 is 5.97 Å². The van der Waals surface area contributed by atoms with Crippen LogP contribution >= 0.6 is 0 Å². The third-order valence-corrected chi connectivity index (χ3v) is 5.90. The molecule has 0 saturated heterocycles. The third-order valence-electron chi connectivity index (χ3n) is 5.90. The fourth-order valence-electron chi connectivity index (χ4n) is 4.09. The number of hydrogen-bond acceptors (Lipinski definition) is 4. The standard InChI is InChI=1S/C27H27F3O4/c1-4-33-17(3)24(28)15-16(2)34-27(32)20-7-5-18(6-8-20)22-13-14-23(26(30)25(22)29)19-9-11-21(31)12-10-19/h9-15,18,20,31H,2-8H2,1H3/b24-15+. The molecule has 4 nitrogen and oxygen atoms in total. The Kier molecular flexibility index (Phi) is 8.21. The molecule has 0 bridgehead atoms. The predicted octanol–water partition coefficient (Wildman–Crippen LogP) is 7.07. The number of phenols is 1. The summed E-state index contributed by atoms with van der Waals surface area (Å²) in [4.78, 5) is 12.4. The minimum Gasteiger partial charge on any atom is -0.508 e. The van der Waals surface area contributed by atoms with Gasteiger partial charge in [-0.2, -0.15) is 0 Å². The molecule has 2 aromatic carbocycles. The van der Waals surface area contributed by atoms with Crippen LogP contribution in [-0.2, 0) is 14.3 Å². The summed E-state index contributed by atoms with van der Waals surface area (Å²) < 4.78 is 53.7. The highest BCUT2D eigenvalue weighted by Crippen LogP contribution is 2.39. The van der Waals surface area contributed by atoms with Gasteiger partial charge in [-0.1, -0.05) is 37.4 Å². The molecule has 0 aliphatic heterocycles. The van der Waals surface area contributed by atoms with Gasteiger partial charge >= 0.3 is 5.97 Å². The lowest BCUT2D eigenvalue weighted by molar-refractivity contribution is -0.144.